The first kappa shape index (κ1) is 20.9. The van der Waals surface area contributed by atoms with Gasteiger partial charge < -0.3 is 11.1 Å². The smallest absolute Gasteiger partial charge is 0.255 e. The van der Waals surface area contributed by atoms with Gasteiger partial charge in [-0.15, -0.1) is 0 Å². The molecule has 7 nitrogen and oxygen atoms in total. The van der Waals surface area contributed by atoms with E-state index in [9.17, 15) is 22.4 Å². The van der Waals surface area contributed by atoms with Crippen molar-refractivity contribution in [3.8, 4) is 0 Å². The van der Waals surface area contributed by atoms with Crippen LogP contribution in [-0.2, 0) is 14.8 Å². The van der Waals surface area contributed by atoms with Crippen molar-refractivity contribution in [3.63, 3.8) is 0 Å². The largest absolute Gasteiger partial charge is 0.369 e. The molecule has 0 bridgehead atoms. The second kappa shape index (κ2) is 8.30. The third-order valence-corrected chi connectivity index (χ3v) is 6.87. The number of benzene rings is 2. The fraction of sp³-hybridized carbons (Fsp3) is 0.300. The maximum absolute atomic E-state index is 14.4. The fourth-order valence-electron chi connectivity index (χ4n) is 3.28. The summed E-state index contributed by atoms with van der Waals surface area (Å²) < 4.78 is 41.4. The Morgan fingerprint density at radius 3 is 2.62 bits per heavy atom. The Bertz CT molecular complexity index is 1060. The molecule has 1 aliphatic rings. The normalized spacial score (nSPS) is 17.7. The van der Waals surface area contributed by atoms with E-state index in [2.05, 4.69) is 5.32 Å². The molecule has 29 heavy (non-hydrogen) atoms. The van der Waals surface area contributed by atoms with Crippen LogP contribution in [0.5, 0.6) is 0 Å². The lowest BCUT2D eigenvalue weighted by molar-refractivity contribution is -0.122. The first-order valence-corrected chi connectivity index (χ1v) is 10.6. The van der Waals surface area contributed by atoms with Crippen LogP contribution in [0, 0.1) is 18.7 Å². The summed E-state index contributed by atoms with van der Waals surface area (Å²) in [6.07, 6.45) is 0.935. The van der Waals surface area contributed by atoms with Gasteiger partial charge in [0.25, 0.3) is 5.91 Å². The molecular formula is C20H22FN3O4S. The van der Waals surface area contributed by atoms with E-state index in [-0.39, 0.29) is 18.7 Å². The Morgan fingerprint density at radius 1 is 1.21 bits per heavy atom. The van der Waals surface area contributed by atoms with E-state index in [1.54, 1.807) is 12.1 Å². The van der Waals surface area contributed by atoms with Crippen LogP contribution in [0.25, 0.3) is 0 Å². The van der Waals surface area contributed by atoms with E-state index >= 15 is 0 Å². The number of piperidine rings is 1. The second-order valence-corrected chi connectivity index (χ2v) is 8.93. The minimum atomic E-state index is -4.23. The quantitative estimate of drug-likeness (QED) is 0.775. The van der Waals surface area contributed by atoms with Gasteiger partial charge in [0.1, 0.15) is 10.7 Å². The number of hydrogen-bond acceptors (Lipinski definition) is 4. The summed E-state index contributed by atoms with van der Waals surface area (Å²) in [5, 5.41) is 2.70. The Hall–Kier alpha value is -2.78. The first-order chi connectivity index (χ1) is 13.7. The summed E-state index contributed by atoms with van der Waals surface area (Å²) >= 11 is 0. The van der Waals surface area contributed by atoms with Gasteiger partial charge in [0.2, 0.25) is 15.9 Å². The number of halogens is 1. The molecule has 3 rings (SSSR count). The van der Waals surface area contributed by atoms with Crippen molar-refractivity contribution in [2.75, 3.05) is 18.4 Å². The summed E-state index contributed by atoms with van der Waals surface area (Å²) in [6.45, 7) is 1.88. The molecule has 9 heteroatoms. The lowest BCUT2D eigenvalue weighted by Crippen LogP contribution is -2.44. The molecule has 1 atom stereocenters. The molecule has 2 amide bonds. The van der Waals surface area contributed by atoms with E-state index in [0.717, 1.165) is 22.0 Å². The van der Waals surface area contributed by atoms with Gasteiger partial charge in [-0.1, -0.05) is 18.2 Å². The summed E-state index contributed by atoms with van der Waals surface area (Å²) in [5.74, 6) is -2.71. The number of nitrogens with zero attached hydrogens (tertiary/aromatic N) is 1. The van der Waals surface area contributed by atoms with Crippen LogP contribution in [0.15, 0.2) is 47.4 Å². The highest BCUT2D eigenvalue weighted by atomic mass is 32.2. The summed E-state index contributed by atoms with van der Waals surface area (Å²) in [6, 6.07) is 10.3. The maximum Gasteiger partial charge on any atom is 0.255 e. The van der Waals surface area contributed by atoms with Gasteiger partial charge in [-0.25, -0.2) is 12.8 Å². The van der Waals surface area contributed by atoms with Crippen molar-refractivity contribution in [2.24, 2.45) is 11.7 Å². The van der Waals surface area contributed by atoms with Gasteiger partial charge >= 0.3 is 0 Å². The number of primary amides is 1. The predicted octanol–water partition coefficient (Wildman–Crippen LogP) is 2.27. The van der Waals surface area contributed by atoms with E-state index < -0.39 is 38.5 Å². The van der Waals surface area contributed by atoms with Crippen LogP contribution in [0.2, 0.25) is 0 Å². The fourth-order valence-corrected chi connectivity index (χ4v) is 4.90. The van der Waals surface area contributed by atoms with E-state index in [4.69, 9.17) is 5.73 Å². The molecule has 1 saturated heterocycles. The van der Waals surface area contributed by atoms with Crippen molar-refractivity contribution in [1.82, 2.24) is 4.31 Å². The van der Waals surface area contributed by atoms with Crippen molar-refractivity contribution < 1.29 is 22.4 Å². The molecule has 0 spiro atoms. The first-order valence-electron chi connectivity index (χ1n) is 9.16. The topological polar surface area (TPSA) is 110 Å². The van der Waals surface area contributed by atoms with Crippen LogP contribution in [-0.4, -0.2) is 37.6 Å². The summed E-state index contributed by atoms with van der Waals surface area (Å²) in [7, 11) is -4.23. The zero-order chi connectivity index (χ0) is 21.2. The number of nitrogens with two attached hydrogens (primary N) is 1. The van der Waals surface area contributed by atoms with Crippen molar-refractivity contribution in [3.05, 3.63) is 59.4 Å². The Kier molecular flexibility index (Phi) is 5.99. The number of amides is 2. The highest BCUT2D eigenvalue weighted by Crippen LogP contribution is 2.26. The number of hydrogen-bond donors (Lipinski definition) is 2. The number of aryl methyl sites for hydroxylation is 1. The van der Waals surface area contributed by atoms with E-state index in [1.165, 1.54) is 6.07 Å². The van der Waals surface area contributed by atoms with Gasteiger partial charge in [-0.3, -0.25) is 9.59 Å². The lowest BCUT2D eigenvalue weighted by atomic mass is 9.99. The maximum atomic E-state index is 14.4. The van der Waals surface area contributed by atoms with E-state index in [1.807, 2.05) is 19.1 Å². The molecule has 3 N–H and O–H groups in total. The minimum absolute atomic E-state index is 0.0108. The molecule has 0 aromatic heterocycles. The number of carbonyl (C=O) groups excluding carboxylic acids is 2. The summed E-state index contributed by atoms with van der Waals surface area (Å²) in [5.41, 5.74) is 6.72. The average Bonchev–Trinajstić information content (AvgIpc) is 2.70. The van der Waals surface area contributed by atoms with Gasteiger partial charge in [0, 0.05) is 24.3 Å². The van der Waals surface area contributed by atoms with Crippen molar-refractivity contribution in [1.29, 1.82) is 0 Å². The van der Waals surface area contributed by atoms with Gasteiger partial charge in [0.05, 0.1) is 5.92 Å². The molecule has 0 radical (unpaired) electrons. The van der Waals surface area contributed by atoms with Crippen molar-refractivity contribution >= 4 is 27.5 Å². The SMILES string of the molecule is Cc1ccccc1NC(=O)c1ccc(F)c(S(=O)(=O)N2CCCC(C(N)=O)C2)c1. The number of para-hydroxylation sites is 1. The van der Waals surface area contributed by atoms with Gasteiger partial charge in [0.15, 0.2) is 0 Å². The van der Waals surface area contributed by atoms with Gasteiger partial charge in [-0.2, -0.15) is 4.31 Å². The van der Waals surface area contributed by atoms with Crippen molar-refractivity contribution in [2.45, 2.75) is 24.7 Å². The van der Waals surface area contributed by atoms with Crippen LogP contribution in [0.4, 0.5) is 10.1 Å². The zero-order valence-corrected chi connectivity index (χ0v) is 16.7. The molecule has 1 aliphatic heterocycles. The number of anilines is 1. The molecule has 0 saturated carbocycles. The van der Waals surface area contributed by atoms with Crippen LogP contribution >= 0.6 is 0 Å². The molecule has 1 heterocycles. The predicted molar refractivity (Wildman–Crippen MR) is 106 cm³/mol. The molecule has 1 unspecified atom stereocenters. The standard InChI is InChI=1S/C20H22FN3O4S/c1-13-5-2-3-7-17(13)23-20(26)14-8-9-16(21)18(11-14)29(27,28)24-10-4-6-15(12-24)19(22)25/h2-3,5,7-9,11,15H,4,6,10,12H2,1H3,(H2,22,25)(H,23,26). The Morgan fingerprint density at radius 2 is 1.93 bits per heavy atom. The summed E-state index contributed by atoms with van der Waals surface area (Å²) in [4.78, 5) is 23.4. The van der Waals surface area contributed by atoms with Crippen LogP contribution in [0.1, 0.15) is 28.8 Å². The molecule has 0 aliphatic carbocycles. The molecule has 1 fully saturated rings. The third-order valence-electron chi connectivity index (χ3n) is 4.99. The molecular weight excluding hydrogens is 397 g/mol. The van der Waals surface area contributed by atoms with Crippen LogP contribution < -0.4 is 11.1 Å². The number of nitrogens with one attached hydrogen (secondary N) is 1. The van der Waals surface area contributed by atoms with E-state index in [0.29, 0.717) is 18.5 Å². The number of sulfonamides is 1. The number of carbonyl (C=O) groups is 2. The number of rotatable bonds is 5. The minimum Gasteiger partial charge on any atom is -0.369 e. The molecule has 2 aromatic carbocycles. The third kappa shape index (κ3) is 4.46. The highest BCUT2D eigenvalue weighted by Gasteiger charge is 2.34. The Balaban J connectivity index is 1.89. The van der Waals surface area contributed by atoms with Gasteiger partial charge in [-0.05, 0) is 49.6 Å². The lowest BCUT2D eigenvalue weighted by Gasteiger charge is -2.30. The monoisotopic (exact) mass is 419 g/mol. The Labute approximate surface area is 168 Å². The zero-order valence-electron chi connectivity index (χ0n) is 15.9. The molecule has 2 aromatic rings. The average molecular weight is 419 g/mol. The molecule has 154 valence electrons. The highest BCUT2D eigenvalue weighted by molar-refractivity contribution is 7.89. The van der Waals surface area contributed by atoms with Crippen LogP contribution in [0.3, 0.4) is 0 Å². The second-order valence-electron chi connectivity index (χ2n) is 7.02.